The summed E-state index contributed by atoms with van der Waals surface area (Å²) in [7, 11) is 0. The maximum absolute atomic E-state index is 13.8. The molecule has 2 aromatic carbocycles. The van der Waals surface area contributed by atoms with Gasteiger partial charge in [-0.1, -0.05) is 18.5 Å². The molecule has 0 aliphatic heterocycles. The molecule has 0 amide bonds. The number of rotatable bonds is 3. The van der Waals surface area contributed by atoms with Gasteiger partial charge in [-0.15, -0.1) is 0 Å². The van der Waals surface area contributed by atoms with Crippen LogP contribution < -0.4 is 0 Å². The largest absolute Gasteiger partial charge is 0.342 e. The zero-order valence-corrected chi connectivity index (χ0v) is 17.1. The first-order valence-electron chi connectivity index (χ1n) is 10.3. The zero-order valence-electron chi connectivity index (χ0n) is 16.3. The molecule has 1 aliphatic rings. The van der Waals surface area contributed by atoms with Gasteiger partial charge >= 0.3 is 0 Å². The number of imidazole rings is 1. The van der Waals surface area contributed by atoms with Crippen molar-refractivity contribution in [2.24, 2.45) is 5.92 Å². The number of hydrogen-bond donors (Lipinski definition) is 1. The van der Waals surface area contributed by atoms with Gasteiger partial charge in [-0.2, -0.15) is 0 Å². The van der Waals surface area contributed by atoms with Crippen molar-refractivity contribution >= 4 is 33.5 Å². The Bertz CT molecular complexity index is 1180. The number of H-pyrrole nitrogens is 1. The molecule has 4 aromatic rings. The van der Waals surface area contributed by atoms with Gasteiger partial charge in [0.2, 0.25) is 0 Å². The highest BCUT2D eigenvalue weighted by atomic mass is 35.5. The number of fused-ring (bicyclic) bond motifs is 2. The number of nitrogens with one attached hydrogen (secondary N) is 1. The van der Waals surface area contributed by atoms with Crippen molar-refractivity contribution in [2.75, 3.05) is 0 Å². The topological polar surface area (TPSA) is 41.6 Å². The maximum atomic E-state index is 13.8. The van der Waals surface area contributed by atoms with Gasteiger partial charge in [-0.3, -0.25) is 4.98 Å². The third-order valence-corrected chi connectivity index (χ3v) is 6.78. The SMILES string of the molecule is C[C@H](c1nc2ccc(Cl)cc2[nH]1)[C@H]1CC[C@@H](c2ccnc3ccc(F)cc32)CC1. The van der Waals surface area contributed by atoms with Crippen LogP contribution in [0.5, 0.6) is 0 Å². The minimum atomic E-state index is -0.195. The second kappa shape index (κ2) is 7.42. The number of aromatic amines is 1. The van der Waals surface area contributed by atoms with Crippen LogP contribution in [0.25, 0.3) is 21.9 Å². The monoisotopic (exact) mass is 407 g/mol. The Labute approximate surface area is 174 Å². The second-order valence-corrected chi connectivity index (χ2v) is 8.68. The molecule has 0 saturated heterocycles. The Kier molecular flexibility index (Phi) is 4.75. The molecular weight excluding hydrogens is 385 g/mol. The average molecular weight is 408 g/mol. The van der Waals surface area contributed by atoms with E-state index in [1.165, 1.54) is 11.6 Å². The smallest absolute Gasteiger partial charge is 0.123 e. The van der Waals surface area contributed by atoms with E-state index in [2.05, 4.69) is 23.0 Å². The van der Waals surface area contributed by atoms with Crippen LogP contribution in [0.3, 0.4) is 0 Å². The lowest BCUT2D eigenvalue weighted by atomic mass is 9.73. The first kappa shape index (κ1) is 18.6. The van der Waals surface area contributed by atoms with Crippen molar-refractivity contribution < 1.29 is 4.39 Å². The molecule has 2 heterocycles. The fourth-order valence-corrected chi connectivity index (χ4v) is 5.04. The summed E-state index contributed by atoms with van der Waals surface area (Å²) >= 11 is 6.11. The van der Waals surface area contributed by atoms with Crippen LogP contribution in [0, 0.1) is 11.7 Å². The number of hydrogen-bond acceptors (Lipinski definition) is 2. The molecule has 29 heavy (non-hydrogen) atoms. The lowest BCUT2D eigenvalue weighted by molar-refractivity contribution is 0.286. The lowest BCUT2D eigenvalue weighted by Gasteiger charge is -2.32. The van der Waals surface area contributed by atoms with E-state index in [-0.39, 0.29) is 5.82 Å². The van der Waals surface area contributed by atoms with Gasteiger partial charge in [0.25, 0.3) is 0 Å². The third kappa shape index (κ3) is 3.51. The normalized spacial score (nSPS) is 20.9. The van der Waals surface area contributed by atoms with Gasteiger partial charge in [0.15, 0.2) is 0 Å². The van der Waals surface area contributed by atoms with Crippen molar-refractivity contribution in [3.8, 4) is 0 Å². The van der Waals surface area contributed by atoms with Crippen molar-refractivity contribution in [3.63, 3.8) is 0 Å². The van der Waals surface area contributed by atoms with Gasteiger partial charge in [0.1, 0.15) is 11.6 Å². The minimum absolute atomic E-state index is 0.195. The second-order valence-electron chi connectivity index (χ2n) is 8.25. The van der Waals surface area contributed by atoms with Gasteiger partial charge in [-0.05, 0) is 85.5 Å². The highest BCUT2D eigenvalue weighted by Gasteiger charge is 2.29. The van der Waals surface area contributed by atoms with Gasteiger partial charge in [-0.25, -0.2) is 9.37 Å². The average Bonchev–Trinajstić information content (AvgIpc) is 3.16. The first-order chi connectivity index (χ1) is 14.1. The van der Waals surface area contributed by atoms with E-state index >= 15 is 0 Å². The molecular formula is C24H23ClFN3. The highest BCUT2D eigenvalue weighted by molar-refractivity contribution is 6.31. The van der Waals surface area contributed by atoms with E-state index in [1.807, 2.05) is 24.4 Å². The van der Waals surface area contributed by atoms with Crippen LogP contribution >= 0.6 is 11.6 Å². The van der Waals surface area contributed by atoms with Crippen LogP contribution in [0.1, 0.15) is 55.8 Å². The maximum Gasteiger partial charge on any atom is 0.123 e. The van der Waals surface area contributed by atoms with E-state index in [0.717, 1.165) is 58.5 Å². The molecule has 3 nitrogen and oxygen atoms in total. The molecule has 1 fully saturated rings. The summed E-state index contributed by atoms with van der Waals surface area (Å²) in [5.74, 6) is 2.27. The van der Waals surface area contributed by atoms with Crippen molar-refractivity contribution in [3.05, 3.63) is 70.9 Å². The number of pyridine rings is 1. The third-order valence-electron chi connectivity index (χ3n) is 6.55. The fraction of sp³-hybridized carbons (Fsp3) is 0.333. The summed E-state index contributed by atoms with van der Waals surface area (Å²) < 4.78 is 13.8. The predicted octanol–water partition coefficient (Wildman–Crippen LogP) is 6.98. The Morgan fingerprint density at radius 1 is 1.03 bits per heavy atom. The molecule has 1 aliphatic carbocycles. The van der Waals surface area contributed by atoms with Crippen LogP contribution in [0.2, 0.25) is 5.02 Å². The fourth-order valence-electron chi connectivity index (χ4n) is 4.87. The lowest BCUT2D eigenvalue weighted by Crippen LogP contribution is -2.19. The van der Waals surface area contributed by atoms with E-state index in [0.29, 0.717) is 17.8 Å². The zero-order chi connectivity index (χ0) is 20.0. The Hall–Kier alpha value is -2.46. The Morgan fingerprint density at radius 2 is 1.83 bits per heavy atom. The summed E-state index contributed by atoms with van der Waals surface area (Å²) in [6, 6.07) is 12.7. The van der Waals surface area contributed by atoms with E-state index in [4.69, 9.17) is 16.6 Å². The van der Waals surface area contributed by atoms with Gasteiger partial charge in [0.05, 0.1) is 16.6 Å². The molecule has 1 N–H and O–H groups in total. The van der Waals surface area contributed by atoms with Crippen LogP contribution in [-0.2, 0) is 0 Å². The van der Waals surface area contributed by atoms with E-state index in [1.54, 1.807) is 12.1 Å². The van der Waals surface area contributed by atoms with Crippen LogP contribution in [-0.4, -0.2) is 15.0 Å². The molecule has 5 heteroatoms. The summed E-state index contributed by atoms with van der Waals surface area (Å²) in [5, 5.41) is 1.68. The molecule has 5 rings (SSSR count). The molecule has 2 aromatic heterocycles. The Morgan fingerprint density at radius 3 is 2.66 bits per heavy atom. The standard InChI is InChI=1S/C24H23ClFN3/c1-14(24-28-22-8-6-17(25)12-23(22)29-24)15-2-4-16(5-3-15)19-10-11-27-21-9-7-18(26)13-20(19)21/h6-16H,2-5H2,1H3,(H,28,29)/t14-,15-,16+/m0/s1. The van der Waals surface area contributed by atoms with Gasteiger partial charge < -0.3 is 4.98 Å². The molecule has 0 unspecified atom stereocenters. The molecule has 1 saturated carbocycles. The predicted molar refractivity (Wildman–Crippen MR) is 116 cm³/mol. The number of benzene rings is 2. The number of nitrogens with zero attached hydrogens (tertiary/aromatic N) is 2. The molecule has 0 bridgehead atoms. The number of halogens is 2. The minimum Gasteiger partial charge on any atom is -0.342 e. The molecule has 1 atom stereocenters. The van der Waals surface area contributed by atoms with Crippen LogP contribution in [0.15, 0.2) is 48.7 Å². The summed E-state index contributed by atoms with van der Waals surface area (Å²) in [5.41, 5.74) is 4.08. The Balaban J connectivity index is 1.34. The van der Waals surface area contributed by atoms with Crippen molar-refractivity contribution in [2.45, 2.75) is 44.4 Å². The summed E-state index contributed by atoms with van der Waals surface area (Å²) in [6.07, 6.45) is 6.35. The summed E-state index contributed by atoms with van der Waals surface area (Å²) in [6.45, 7) is 2.27. The van der Waals surface area contributed by atoms with Crippen molar-refractivity contribution in [1.82, 2.24) is 15.0 Å². The summed E-state index contributed by atoms with van der Waals surface area (Å²) in [4.78, 5) is 12.7. The first-order valence-corrected chi connectivity index (χ1v) is 10.7. The van der Waals surface area contributed by atoms with Crippen molar-refractivity contribution in [1.29, 1.82) is 0 Å². The molecule has 0 spiro atoms. The number of aromatic nitrogens is 3. The van der Waals surface area contributed by atoms with E-state index in [9.17, 15) is 4.39 Å². The van der Waals surface area contributed by atoms with Crippen LogP contribution in [0.4, 0.5) is 4.39 Å². The highest BCUT2D eigenvalue weighted by Crippen LogP contribution is 2.43. The quantitative estimate of drug-likeness (QED) is 0.398. The molecule has 148 valence electrons. The van der Waals surface area contributed by atoms with Gasteiger partial charge in [0, 0.05) is 22.5 Å². The molecule has 0 radical (unpaired) electrons. The van der Waals surface area contributed by atoms with E-state index < -0.39 is 0 Å².